The van der Waals surface area contributed by atoms with Gasteiger partial charge < -0.3 is 10.7 Å². The Balaban J connectivity index is 2.39. The summed E-state index contributed by atoms with van der Waals surface area (Å²) in [5.41, 5.74) is 5.94. The second-order valence-corrected chi connectivity index (χ2v) is 5.64. The molecule has 6 heteroatoms. The van der Waals surface area contributed by atoms with E-state index in [2.05, 4.69) is 62.6 Å². The van der Waals surface area contributed by atoms with Crippen LogP contribution >= 0.6 is 15.9 Å². The minimum absolute atomic E-state index is 0.671. The van der Waals surface area contributed by atoms with Crippen LogP contribution in [0.4, 0.5) is 17.3 Å². The number of nitrogens with two attached hydrogens (primary N) is 1. The number of halogens is 1. The van der Waals surface area contributed by atoms with Gasteiger partial charge in [-0.3, -0.25) is 0 Å². The second kappa shape index (κ2) is 7.38. The molecule has 0 atom stereocenters. The lowest BCUT2D eigenvalue weighted by molar-refractivity contribution is 0.903. The van der Waals surface area contributed by atoms with Crippen molar-refractivity contribution in [3.8, 4) is 0 Å². The van der Waals surface area contributed by atoms with E-state index in [9.17, 15) is 0 Å². The number of nitrogen functional groups attached to an aromatic ring is 1. The van der Waals surface area contributed by atoms with Gasteiger partial charge in [0.1, 0.15) is 18.0 Å². The first kappa shape index (κ1) is 15.7. The molecule has 0 bridgehead atoms. The van der Waals surface area contributed by atoms with Gasteiger partial charge in [0.15, 0.2) is 0 Å². The molecule has 0 amide bonds. The lowest BCUT2D eigenvalue weighted by Crippen LogP contribution is -2.13. The van der Waals surface area contributed by atoms with Gasteiger partial charge in [-0.25, -0.2) is 15.8 Å². The van der Waals surface area contributed by atoms with Gasteiger partial charge in [-0.1, -0.05) is 36.2 Å². The Hall–Kier alpha value is -1.66. The maximum Gasteiger partial charge on any atom is 0.148 e. The van der Waals surface area contributed by atoms with Crippen molar-refractivity contribution < 1.29 is 0 Å². The third-order valence-corrected chi connectivity index (χ3v) is 3.78. The molecule has 0 saturated carbocycles. The number of rotatable bonds is 6. The number of benzene rings is 1. The molecular formula is C15H20BrN5. The van der Waals surface area contributed by atoms with Crippen molar-refractivity contribution in [1.29, 1.82) is 0 Å². The number of nitrogens with one attached hydrogen (secondary N) is 2. The molecule has 112 valence electrons. The molecule has 0 aliphatic heterocycles. The monoisotopic (exact) mass is 349 g/mol. The van der Waals surface area contributed by atoms with Crippen LogP contribution in [0.5, 0.6) is 0 Å². The normalized spacial score (nSPS) is 10.5. The van der Waals surface area contributed by atoms with Gasteiger partial charge in [-0.05, 0) is 36.6 Å². The fourth-order valence-electron chi connectivity index (χ4n) is 2.24. The number of anilines is 3. The number of hydrogen-bond acceptors (Lipinski definition) is 5. The Morgan fingerprint density at radius 2 is 1.95 bits per heavy atom. The minimum atomic E-state index is 0.671. The molecule has 5 nitrogen and oxygen atoms in total. The summed E-state index contributed by atoms with van der Waals surface area (Å²) in [4.78, 5) is 8.55. The second-order valence-electron chi connectivity index (χ2n) is 4.72. The zero-order chi connectivity index (χ0) is 15.2. The van der Waals surface area contributed by atoms with Crippen LogP contribution in [0.25, 0.3) is 0 Å². The average Bonchev–Trinajstić information content (AvgIpc) is 2.50. The van der Waals surface area contributed by atoms with E-state index < -0.39 is 0 Å². The molecule has 1 aromatic carbocycles. The van der Waals surface area contributed by atoms with Crippen molar-refractivity contribution in [1.82, 2.24) is 9.97 Å². The number of aryl methyl sites for hydroxylation is 1. The lowest BCUT2D eigenvalue weighted by atomic mass is 10.1. The van der Waals surface area contributed by atoms with Gasteiger partial charge in [-0.15, -0.1) is 0 Å². The van der Waals surface area contributed by atoms with Gasteiger partial charge in [0.05, 0.1) is 0 Å². The molecule has 0 unspecified atom stereocenters. The van der Waals surface area contributed by atoms with Crippen LogP contribution in [0.2, 0.25) is 0 Å². The van der Waals surface area contributed by atoms with E-state index >= 15 is 0 Å². The van der Waals surface area contributed by atoms with Crippen molar-refractivity contribution in [3.63, 3.8) is 0 Å². The molecule has 0 aliphatic rings. The third-order valence-electron chi connectivity index (χ3n) is 3.28. The van der Waals surface area contributed by atoms with Crippen LogP contribution in [0.3, 0.4) is 0 Å². The van der Waals surface area contributed by atoms with E-state index in [-0.39, 0.29) is 0 Å². The van der Waals surface area contributed by atoms with E-state index in [1.807, 2.05) is 6.07 Å². The van der Waals surface area contributed by atoms with Crippen LogP contribution < -0.4 is 16.6 Å². The Kier molecular flexibility index (Phi) is 5.52. The maximum absolute atomic E-state index is 5.54. The van der Waals surface area contributed by atoms with E-state index in [4.69, 9.17) is 5.84 Å². The van der Waals surface area contributed by atoms with Gasteiger partial charge >= 0.3 is 0 Å². The van der Waals surface area contributed by atoms with Gasteiger partial charge in [-0.2, -0.15) is 0 Å². The van der Waals surface area contributed by atoms with E-state index in [0.717, 1.165) is 40.8 Å². The van der Waals surface area contributed by atoms with Gasteiger partial charge in [0, 0.05) is 15.7 Å². The summed E-state index contributed by atoms with van der Waals surface area (Å²) in [5, 5.41) is 3.41. The summed E-state index contributed by atoms with van der Waals surface area (Å²) in [6, 6.07) is 6.19. The molecule has 1 heterocycles. The first-order chi connectivity index (χ1) is 10.2. The average molecular weight is 350 g/mol. The zero-order valence-corrected chi connectivity index (χ0v) is 13.9. The topological polar surface area (TPSA) is 75.9 Å². The summed E-state index contributed by atoms with van der Waals surface area (Å²) in [6.45, 7) is 4.25. The van der Waals surface area contributed by atoms with E-state index in [0.29, 0.717) is 5.82 Å². The molecule has 21 heavy (non-hydrogen) atoms. The van der Waals surface area contributed by atoms with E-state index in [1.165, 1.54) is 11.9 Å². The Morgan fingerprint density at radius 1 is 1.19 bits per heavy atom. The quantitative estimate of drug-likeness (QED) is 0.546. The van der Waals surface area contributed by atoms with Crippen LogP contribution in [-0.2, 0) is 12.8 Å². The molecule has 4 N–H and O–H groups in total. The standard InChI is InChI=1S/C15H20BrN5/c1-3-5-12-14(18-9-19-15(12)21-17)20-13-7-6-11(16)8-10(13)4-2/h6-9H,3-5,17H2,1-2H3,(H2,18,19,20,21). The molecule has 0 radical (unpaired) electrons. The van der Waals surface area contributed by atoms with Gasteiger partial charge in [0.2, 0.25) is 0 Å². The number of aromatic nitrogens is 2. The Bertz CT molecular complexity index is 615. The predicted octanol–water partition coefficient (Wildman–Crippen LogP) is 3.78. The SMILES string of the molecule is CCCc1c(NN)ncnc1Nc1ccc(Br)cc1CC. The highest BCUT2D eigenvalue weighted by atomic mass is 79.9. The highest BCUT2D eigenvalue weighted by Crippen LogP contribution is 2.28. The van der Waals surface area contributed by atoms with Crippen LogP contribution in [0, 0.1) is 0 Å². The highest BCUT2D eigenvalue weighted by molar-refractivity contribution is 9.10. The largest absolute Gasteiger partial charge is 0.340 e. The third kappa shape index (κ3) is 3.71. The maximum atomic E-state index is 5.54. The summed E-state index contributed by atoms with van der Waals surface area (Å²) in [5.74, 6) is 7.02. The first-order valence-corrected chi connectivity index (χ1v) is 7.84. The van der Waals surface area contributed by atoms with Crippen molar-refractivity contribution in [2.24, 2.45) is 5.84 Å². The summed E-state index contributed by atoms with van der Waals surface area (Å²) in [6.07, 6.45) is 4.32. The first-order valence-electron chi connectivity index (χ1n) is 7.05. The minimum Gasteiger partial charge on any atom is -0.340 e. The van der Waals surface area contributed by atoms with E-state index in [1.54, 1.807) is 0 Å². The van der Waals surface area contributed by atoms with Crippen molar-refractivity contribution >= 4 is 33.3 Å². The summed E-state index contributed by atoms with van der Waals surface area (Å²) < 4.78 is 1.07. The number of hydrogen-bond donors (Lipinski definition) is 3. The molecule has 1 aromatic heterocycles. The molecule has 0 fully saturated rings. The molecule has 2 rings (SSSR count). The van der Waals surface area contributed by atoms with Crippen molar-refractivity contribution in [2.45, 2.75) is 33.1 Å². The molecular weight excluding hydrogens is 330 g/mol. The van der Waals surface area contributed by atoms with Crippen LogP contribution in [0.1, 0.15) is 31.4 Å². The fraction of sp³-hybridized carbons (Fsp3) is 0.333. The van der Waals surface area contributed by atoms with Crippen LogP contribution in [-0.4, -0.2) is 9.97 Å². The number of nitrogens with zero attached hydrogens (tertiary/aromatic N) is 2. The molecule has 0 spiro atoms. The highest BCUT2D eigenvalue weighted by Gasteiger charge is 2.11. The predicted molar refractivity (Wildman–Crippen MR) is 90.6 cm³/mol. The Labute approximate surface area is 133 Å². The van der Waals surface area contributed by atoms with Crippen LogP contribution in [0.15, 0.2) is 29.0 Å². The fourth-order valence-corrected chi connectivity index (χ4v) is 2.64. The molecule has 0 saturated heterocycles. The molecule has 0 aliphatic carbocycles. The molecule has 2 aromatic rings. The lowest BCUT2D eigenvalue weighted by Gasteiger charge is -2.15. The van der Waals surface area contributed by atoms with Gasteiger partial charge in [0.25, 0.3) is 0 Å². The Morgan fingerprint density at radius 3 is 2.62 bits per heavy atom. The summed E-state index contributed by atoms with van der Waals surface area (Å²) >= 11 is 3.50. The number of hydrazine groups is 1. The smallest absolute Gasteiger partial charge is 0.148 e. The zero-order valence-electron chi connectivity index (χ0n) is 12.3. The summed E-state index contributed by atoms with van der Waals surface area (Å²) in [7, 11) is 0. The van der Waals surface area contributed by atoms with Crippen molar-refractivity contribution in [3.05, 3.63) is 40.1 Å². The van der Waals surface area contributed by atoms with Crippen molar-refractivity contribution in [2.75, 3.05) is 10.7 Å².